The highest BCUT2D eigenvalue weighted by Gasteiger charge is 2.34. The molecule has 2 aromatic carbocycles. The number of ether oxygens (including phenoxy) is 1. The van der Waals surface area contributed by atoms with Gasteiger partial charge < -0.3 is 9.64 Å². The van der Waals surface area contributed by atoms with Crippen molar-refractivity contribution in [1.82, 2.24) is 4.90 Å². The molecular formula is C20H22N2O4. The maximum Gasteiger partial charge on any atom is 0.270 e. The topological polar surface area (TPSA) is 72.7 Å². The van der Waals surface area contributed by atoms with Crippen molar-refractivity contribution in [2.45, 2.75) is 32.4 Å². The number of carbonyl (C=O) groups is 1. The molecule has 26 heavy (non-hydrogen) atoms. The van der Waals surface area contributed by atoms with Crippen molar-refractivity contribution in [2.24, 2.45) is 5.92 Å². The lowest BCUT2D eigenvalue weighted by molar-refractivity contribution is -0.384. The summed E-state index contributed by atoms with van der Waals surface area (Å²) in [5.74, 6) is 1.08. The smallest absolute Gasteiger partial charge is 0.270 e. The first kappa shape index (κ1) is 17.9. The van der Waals surface area contributed by atoms with E-state index in [1.807, 2.05) is 29.2 Å². The third-order valence-electron chi connectivity index (χ3n) is 4.87. The highest BCUT2D eigenvalue weighted by molar-refractivity contribution is 5.95. The first-order chi connectivity index (χ1) is 12.5. The molecule has 1 amide bonds. The summed E-state index contributed by atoms with van der Waals surface area (Å²) < 4.78 is 5.18. The van der Waals surface area contributed by atoms with Gasteiger partial charge in [0.25, 0.3) is 11.6 Å². The van der Waals surface area contributed by atoms with Gasteiger partial charge in [-0.25, -0.2) is 0 Å². The van der Waals surface area contributed by atoms with Gasteiger partial charge in [-0.15, -0.1) is 0 Å². The minimum atomic E-state index is -0.477. The largest absolute Gasteiger partial charge is 0.497 e. The molecule has 0 aliphatic heterocycles. The molecule has 0 heterocycles. The Hall–Kier alpha value is -2.89. The number of nitro benzene ring substituents is 1. The summed E-state index contributed by atoms with van der Waals surface area (Å²) in [5, 5.41) is 11.0. The van der Waals surface area contributed by atoms with Crippen LogP contribution in [0.15, 0.2) is 48.5 Å². The van der Waals surface area contributed by atoms with Crippen LogP contribution in [0, 0.1) is 16.0 Å². The van der Waals surface area contributed by atoms with Gasteiger partial charge in [0.2, 0.25) is 0 Å². The lowest BCUT2D eigenvalue weighted by Crippen LogP contribution is -2.39. The average Bonchev–Trinajstić information content (AvgIpc) is 3.51. The van der Waals surface area contributed by atoms with E-state index in [4.69, 9.17) is 4.74 Å². The van der Waals surface area contributed by atoms with Crippen molar-refractivity contribution in [3.05, 3.63) is 69.8 Å². The van der Waals surface area contributed by atoms with E-state index in [0.717, 1.165) is 24.2 Å². The molecule has 6 heteroatoms. The molecule has 1 fully saturated rings. The molecule has 0 saturated heterocycles. The number of hydrogen-bond acceptors (Lipinski definition) is 4. The quantitative estimate of drug-likeness (QED) is 0.555. The van der Waals surface area contributed by atoms with Crippen LogP contribution >= 0.6 is 0 Å². The second-order valence-corrected chi connectivity index (χ2v) is 6.67. The van der Waals surface area contributed by atoms with Crippen LogP contribution in [0.3, 0.4) is 0 Å². The van der Waals surface area contributed by atoms with Crippen LogP contribution in [0.4, 0.5) is 5.69 Å². The number of nitro groups is 1. The number of methoxy groups -OCH3 is 1. The lowest BCUT2D eigenvalue weighted by Gasteiger charge is -2.30. The monoisotopic (exact) mass is 354 g/mol. The van der Waals surface area contributed by atoms with Gasteiger partial charge in [-0.1, -0.05) is 18.2 Å². The number of nitrogens with zero attached hydrogens (tertiary/aromatic N) is 2. The molecule has 0 spiro atoms. The van der Waals surface area contributed by atoms with Crippen molar-refractivity contribution < 1.29 is 14.5 Å². The lowest BCUT2D eigenvalue weighted by atomic mass is 10.1. The Morgan fingerprint density at radius 3 is 2.54 bits per heavy atom. The molecule has 1 unspecified atom stereocenters. The number of carbonyl (C=O) groups excluding carboxylic acids is 1. The van der Waals surface area contributed by atoms with Crippen LogP contribution in [-0.2, 0) is 6.54 Å². The maximum absolute atomic E-state index is 13.1. The van der Waals surface area contributed by atoms with Gasteiger partial charge in [0.1, 0.15) is 5.75 Å². The van der Waals surface area contributed by atoms with E-state index in [1.54, 1.807) is 19.2 Å². The Morgan fingerprint density at radius 1 is 1.27 bits per heavy atom. The fraction of sp³-hybridized carbons (Fsp3) is 0.350. The number of hydrogen-bond donors (Lipinski definition) is 0. The van der Waals surface area contributed by atoms with E-state index >= 15 is 0 Å². The highest BCUT2D eigenvalue weighted by Crippen LogP contribution is 2.36. The summed E-state index contributed by atoms with van der Waals surface area (Å²) in [6.07, 6.45) is 2.23. The molecule has 0 radical (unpaired) electrons. The number of amides is 1. The van der Waals surface area contributed by atoms with E-state index in [-0.39, 0.29) is 17.6 Å². The first-order valence-corrected chi connectivity index (χ1v) is 8.68. The van der Waals surface area contributed by atoms with Crippen molar-refractivity contribution in [1.29, 1.82) is 0 Å². The highest BCUT2D eigenvalue weighted by atomic mass is 16.6. The van der Waals surface area contributed by atoms with Crippen LogP contribution in [0.1, 0.15) is 35.7 Å². The first-order valence-electron chi connectivity index (χ1n) is 8.68. The number of benzene rings is 2. The van der Waals surface area contributed by atoms with Crippen LogP contribution in [0.5, 0.6) is 5.75 Å². The molecule has 1 atom stereocenters. The molecule has 1 saturated carbocycles. The summed E-state index contributed by atoms with van der Waals surface area (Å²) >= 11 is 0. The van der Waals surface area contributed by atoms with E-state index in [0.29, 0.717) is 18.0 Å². The standard InChI is InChI=1S/C20H22N2O4/c1-14(16-8-9-16)21(13-15-6-10-19(26-2)11-7-15)20(23)17-4-3-5-18(12-17)22(24)25/h3-7,10-12,14,16H,8-9,13H2,1-2H3. The van der Waals surface area contributed by atoms with Crippen LogP contribution in [0.2, 0.25) is 0 Å². The van der Waals surface area contributed by atoms with Crippen LogP contribution in [0.25, 0.3) is 0 Å². The summed E-state index contributed by atoms with van der Waals surface area (Å²) in [7, 11) is 1.61. The predicted molar refractivity (Wildman–Crippen MR) is 98.1 cm³/mol. The van der Waals surface area contributed by atoms with Gasteiger partial charge in [-0.05, 0) is 49.4 Å². The summed E-state index contributed by atoms with van der Waals surface area (Å²) in [6, 6.07) is 13.6. The van der Waals surface area contributed by atoms with Gasteiger partial charge in [-0.2, -0.15) is 0 Å². The Bertz CT molecular complexity index is 800. The zero-order valence-corrected chi connectivity index (χ0v) is 14.9. The average molecular weight is 354 g/mol. The zero-order chi connectivity index (χ0) is 18.7. The summed E-state index contributed by atoms with van der Waals surface area (Å²) in [6.45, 7) is 2.51. The minimum absolute atomic E-state index is 0.0701. The third-order valence-corrected chi connectivity index (χ3v) is 4.87. The molecule has 6 nitrogen and oxygen atoms in total. The summed E-state index contributed by atoms with van der Waals surface area (Å²) in [5.41, 5.74) is 1.27. The molecule has 1 aliphatic rings. The maximum atomic E-state index is 13.1. The molecule has 0 bridgehead atoms. The minimum Gasteiger partial charge on any atom is -0.497 e. The van der Waals surface area contributed by atoms with Gasteiger partial charge in [-0.3, -0.25) is 14.9 Å². The SMILES string of the molecule is COc1ccc(CN(C(=O)c2cccc([N+](=O)[O-])c2)C(C)C2CC2)cc1. The van der Waals surface area contributed by atoms with Gasteiger partial charge in [0.05, 0.1) is 12.0 Å². The molecule has 3 rings (SSSR count). The van der Waals surface area contributed by atoms with Crippen molar-refractivity contribution >= 4 is 11.6 Å². The van der Waals surface area contributed by atoms with Gasteiger partial charge in [0, 0.05) is 30.3 Å². The fourth-order valence-electron chi connectivity index (χ4n) is 3.08. The van der Waals surface area contributed by atoms with Gasteiger partial charge in [0.15, 0.2) is 0 Å². The van der Waals surface area contributed by atoms with E-state index in [1.165, 1.54) is 12.1 Å². The normalized spacial score (nSPS) is 14.5. The van der Waals surface area contributed by atoms with Crippen molar-refractivity contribution in [3.63, 3.8) is 0 Å². The molecule has 1 aliphatic carbocycles. The number of rotatable bonds is 7. The number of non-ortho nitro benzene ring substituents is 1. The van der Waals surface area contributed by atoms with E-state index in [2.05, 4.69) is 6.92 Å². The van der Waals surface area contributed by atoms with Crippen molar-refractivity contribution in [2.75, 3.05) is 7.11 Å². The Labute approximate surface area is 152 Å². The summed E-state index contributed by atoms with van der Waals surface area (Å²) in [4.78, 5) is 25.5. The molecular weight excluding hydrogens is 332 g/mol. The second-order valence-electron chi connectivity index (χ2n) is 6.67. The molecule has 0 aromatic heterocycles. The Balaban J connectivity index is 1.86. The third kappa shape index (κ3) is 4.02. The second kappa shape index (κ2) is 7.56. The molecule has 2 aromatic rings. The van der Waals surface area contributed by atoms with Gasteiger partial charge >= 0.3 is 0 Å². The fourth-order valence-corrected chi connectivity index (χ4v) is 3.08. The Kier molecular flexibility index (Phi) is 5.21. The molecule has 0 N–H and O–H groups in total. The van der Waals surface area contributed by atoms with E-state index in [9.17, 15) is 14.9 Å². The zero-order valence-electron chi connectivity index (χ0n) is 14.9. The predicted octanol–water partition coefficient (Wildman–Crippen LogP) is 4.04. The van der Waals surface area contributed by atoms with E-state index < -0.39 is 4.92 Å². The van der Waals surface area contributed by atoms with Crippen molar-refractivity contribution in [3.8, 4) is 5.75 Å². The Morgan fingerprint density at radius 2 is 1.96 bits per heavy atom. The van der Waals surface area contributed by atoms with Crippen LogP contribution < -0.4 is 4.74 Å². The molecule has 136 valence electrons. The van der Waals surface area contributed by atoms with Crippen LogP contribution in [-0.4, -0.2) is 28.9 Å².